The van der Waals surface area contributed by atoms with Gasteiger partial charge in [-0.2, -0.15) is 0 Å². The predicted molar refractivity (Wildman–Crippen MR) is 76.5 cm³/mol. The topological polar surface area (TPSA) is 21.7 Å². The van der Waals surface area contributed by atoms with Crippen LogP contribution in [0, 0.1) is 11.6 Å². The van der Waals surface area contributed by atoms with Crippen molar-refractivity contribution in [2.75, 3.05) is 45.4 Å². The largest absolute Gasteiger partial charge is 0.385 e. The molecule has 1 aromatic carbocycles. The van der Waals surface area contributed by atoms with E-state index in [1.807, 2.05) is 0 Å². The molecule has 0 saturated heterocycles. The molecule has 0 radical (unpaired) electrons. The van der Waals surface area contributed by atoms with Gasteiger partial charge in [-0.15, -0.1) is 11.6 Å². The zero-order chi connectivity index (χ0) is 15.0. The lowest BCUT2D eigenvalue weighted by molar-refractivity contribution is 0.190. The van der Waals surface area contributed by atoms with Crippen molar-refractivity contribution in [3.8, 4) is 0 Å². The highest BCUT2D eigenvalue weighted by Gasteiger charge is 2.17. The van der Waals surface area contributed by atoms with E-state index in [9.17, 15) is 8.78 Å². The first-order valence-electron chi connectivity index (χ1n) is 6.40. The van der Waals surface area contributed by atoms with Gasteiger partial charge in [0.25, 0.3) is 0 Å². The Labute approximate surface area is 123 Å². The summed E-state index contributed by atoms with van der Waals surface area (Å²) in [5, 5.41) is 0. The summed E-state index contributed by atoms with van der Waals surface area (Å²) in [4.78, 5) is 1.63. The molecule has 0 unspecified atom stereocenters. The average Bonchev–Trinajstić information content (AvgIpc) is 2.43. The number of nitrogens with zero attached hydrogens (tertiary/aromatic N) is 1. The van der Waals surface area contributed by atoms with E-state index in [0.717, 1.165) is 0 Å². The average molecular weight is 308 g/mol. The van der Waals surface area contributed by atoms with Crippen LogP contribution in [0.3, 0.4) is 0 Å². The Morgan fingerprint density at radius 3 is 2.15 bits per heavy atom. The Balaban J connectivity index is 2.93. The van der Waals surface area contributed by atoms with E-state index in [2.05, 4.69) is 0 Å². The number of anilines is 1. The molecule has 6 heteroatoms. The van der Waals surface area contributed by atoms with Gasteiger partial charge >= 0.3 is 0 Å². The second kappa shape index (κ2) is 9.10. The van der Waals surface area contributed by atoms with Gasteiger partial charge in [-0.25, -0.2) is 8.78 Å². The van der Waals surface area contributed by atoms with Crippen molar-refractivity contribution in [2.45, 2.75) is 12.3 Å². The number of benzene rings is 1. The Kier molecular flexibility index (Phi) is 7.80. The van der Waals surface area contributed by atoms with Crippen molar-refractivity contribution in [3.05, 3.63) is 29.3 Å². The number of halogens is 3. The fourth-order valence-corrected chi connectivity index (χ4v) is 2.09. The first-order chi connectivity index (χ1) is 9.63. The van der Waals surface area contributed by atoms with Gasteiger partial charge in [-0.1, -0.05) is 0 Å². The van der Waals surface area contributed by atoms with Crippen LogP contribution in [0.2, 0.25) is 0 Å². The van der Waals surface area contributed by atoms with Crippen molar-refractivity contribution in [1.82, 2.24) is 0 Å². The molecule has 0 bridgehead atoms. The minimum Gasteiger partial charge on any atom is -0.385 e. The van der Waals surface area contributed by atoms with E-state index < -0.39 is 11.6 Å². The second-order valence-corrected chi connectivity index (χ2v) is 4.64. The van der Waals surface area contributed by atoms with Crippen molar-refractivity contribution < 1.29 is 18.3 Å². The van der Waals surface area contributed by atoms with Gasteiger partial charge in [0.1, 0.15) is 17.3 Å². The number of alkyl halides is 1. The first kappa shape index (κ1) is 17.1. The third-order valence-corrected chi connectivity index (χ3v) is 3.20. The Bertz CT molecular complexity index is 395. The number of hydrogen-bond acceptors (Lipinski definition) is 3. The molecule has 3 nitrogen and oxygen atoms in total. The summed E-state index contributed by atoms with van der Waals surface area (Å²) < 4.78 is 38.1. The van der Waals surface area contributed by atoms with E-state index in [4.69, 9.17) is 21.1 Å². The van der Waals surface area contributed by atoms with Crippen LogP contribution < -0.4 is 4.90 Å². The fraction of sp³-hybridized carbons (Fsp3) is 0.571. The summed E-state index contributed by atoms with van der Waals surface area (Å²) in [6, 6.07) is 2.53. The first-order valence-corrected chi connectivity index (χ1v) is 6.94. The summed E-state index contributed by atoms with van der Waals surface area (Å²) in [6.07, 6.45) is 0.677. The van der Waals surface area contributed by atoms with Gasteiger partial charge in [0.2, 0.25) is 0 Å². The molecular formula is C14H20ClF2NO2. The van der Waals surface area contributed by atoms with E-state index in [1.165, 1.54) is 12.1 Å². The summed E-state index contributed by atoms with van der Waals surface area (Å²) in [7, 11) is 3.15. The molecule has 20 heavy (non-hydrogen) atoms. The lowest BCUT2D eigenvalue weighted by Crippen LogP contribution is -2.30. The molecule has 114 valence electrons. The highest BCUT2D eigenvalue weighted by molar-refractivity contribution is 6.17. The summed E-state index contributed by atoms with van der Waals surface area (Å²) >= 11 is 5.61. The standard InChI is InChI=1S/C14H20ClF2NO2/c1-19-6-3-4-18(5-7-20-2)14-12(16)8-11(10-15)9-13(14)17/h8-9H,3-7,10H2,1-2H3. The maximum absolute atomic E-state index is 14.1. The zero-order valence-electron chi connectivity index (χ0n) is 11.8. The van der Waals surface area contributed by atoms with Crippen molar-refractivity contribution in [3.63, 3.8) is 0 Å². The monoisotopic (exact) mass is 307 g/mol. The van der Waals surface area contributed by atoms with E-state index >= 15 is 0 Å². The molecule has 0 heterocycles. The number of hydrogen-bond donors (Lipinski definition) is 0. The molecule has 0 atom stereocenters. The Hall–Kier alpha value is -0.910. The smallest absolute Gasteiger partial charge is 0.149 e. The Morgan fingerprint density at radius 2 is 1.65 bits per heavy atom. The van der Waals surface area contributed by atoms with Gasteiger partial charge < -0.3 is 14.4 Å². The minimum absolute atomic E-state index is 0.0352. The molecular weight excluding hydrogens is 288 g/mol. The van der Waals surface area contributed by atoms with Crippen LogP contribution in [0.5, 0.6) is 0 Å². The highest BCUT2D eigenvalue weighted by atomic mass is 35.5. The van der Waals surface area contributed by atoms with E-state index in [-0.39, 0.29) is 11.6 Å². The molecule has 0 saturated carbocycles. The van der Waals surface area contributed by atoms with Gasteiger partial charge in [0.05, 0.1) is 6.61 Å². The SMILES string of the molecule is COCCCN(CCOC)c1c(F)cc(CCl)cc1F. The van der Waals surface area contributed by atoms with Crippen LogP contribution in [0.1, 0.15) is 12.0 Å². The molecule has 0 amide bonds. The van der Waals surface area contributed by atoms with Crippen molar-refractivity contribution in [2.24, 2.45) is 0 Å². The van der Waals surface area contributed by atoms with E-state index in [0.29, 0.717) is 38.3 Å². The molecule has 0 spiro atoms. The third-order valence-electron chi connectivity index (χ3n) is 2.89. The lowest BCUT2D eigenvalue weighted by atomic mass is 10.2. The van der Waals surface area contributed by atoms with Crippen molar-refractivity contribution >= 4 is 17.3 Å². The summed E-state index contributed by atoms with van der Waals surface area (Å²) in [5.41, 5.74) is 0.390. The van der Waals surface area contributed by atoms with Gasteiger partial charge in [0, 0.05) is 39.8 Å². The summed E-state index contributed by atoms with van der Waals surface area (Å²) in [5.74, 6) is -1.13. The fourth-order valence-electron chi connectivity index (χ4n) is 1.93. The van der Waals surface area contributed by atoms with Crippen LogP contribution >= 0.6 is 11.6 Å². The van der Waals surface area contributed by atoms with Gasteiger partial charge in [-0.3, -0.25) is 0 Å². The maximum Gasteiger partial charge on any atom is 0.149 e. The minimum atomic E-state index is -0.603. The van der Waals surface area contributed by atoms with Crippen LogP contribution in [0.4, 0.5) is 14.5 Å². The normalized spacial score (nSPS) is 10.8. The molecule has 1 aromatic rings. The van der Waals surface area contributed by atoms with Crippen LogP contribution in [-0.4, -0.2) is 40.5 Å². The van der Waals surface area contributed by atoms with Crippen LogP contribution in [0.15, 0.2) is 12.1 Å². The molecule has 0 aliphatic rings. The second-order valence-electron chi connectivity index (χ2n) is 4.37. The molecule has 0 aromatic heterocycles. The van der Waals surface area contributed by atoms with Gasteiger partial charge in [-0.05, 0) is 24.1 Å². The molecule has 0 aliphatic heterocycles. The lowest BCUT2D eigenvalue weighted by Gasteiger charge is -2.25. The zero-order valence-corrected chi connectivity index (χ0v) is 12.6. The van der Waals surface area contributed by atoms with Gasteiger partial charge in [0.15, 0.2) is 0 Å². The molecule has 0 N–H and O–H groups in total. The van der Waals surface area contributed by atoms with Crippen LogP contribution in [-0.2, 0) is 15.4 Å². The molecule has 1 rings (SSSR count). The molecule has 0 aliphatic carbocycles. The van der Waals surface area contributed by atoms with E-state index in [1.54, 1.807) is 19.1 Å². The number of methoxy groups -OCH3 is 2. The predicted octanol–water partition coefficient (Wildman–Crippen LogP) is 3.19. The number of ether oxygens (including phenoxy) is 2. The quantitative estimate of drug-likeness (QED) is 0.516. The highest BCUT2D eigenvalue weighted by Crippen LogP contribution is 2.26. The summed E-state index contributed by atoms with van der Waals surface area (Å²) in [6.45, 7) is 1.83. The number of rotatable bonds is 9. The Morgan fingerprint density at radius 1 is 1.05 bits per heavy atom. The third kappa shape index (κ3) is 4.89. The van der Waals surface area contributed by atoms with Crippen LogP contribution in [0.25, 0.3) is 0 Å². The molecule has 0 fully saturated rings. The van der Waals surface area contributed by atoms with Crippen molar-refractivity contribution in [1.29, 1.82) is 0 Å². The maximum atomic E-state index is 14.1.